The van der Waals surface area contributed by atoms with Gasteiger partial charge < -0.3 is 15.6 Å². The molecule has 13 heteroatoms. The lowest BCUT2D eigenvalue weighted by Gasteiger charge is -2.37. The van der Waals surface area contributed by atoms with Crippen LogP contribution in [0.2, 0.25) is 0 Å². The van der Waals surface area contributed by atoms with Crippen molar-refractivity contribution < 1.29 is 27.3 Å². The van der Waals surface area contributed by atoms with Crippen LogP contribution in [0.15, 0.2) is 12.7 Å². The van der Waals surface area contributed by atoms with Crippen LogP contribution >= 0.6 is 18.4 Å². The van der Waals surface area contributed by atoms with Gasteiger partial charge in [0, 0.05) is 0 Å². The summed E-state index contributed by atoms with van der Waals surface area (Å²) in [6.07, 6.45) is -0.405. The molecule has 0 aliphatic carbocycles. The first kappa shape index (κ1) is 21.0. The first-order valence-electron chi connectivity index (χ1n) is 9.62. The van der Waals surface area contributed by atoms with Crippen LogP contribution in [0.3, 0.4) is 0 Å². The van der Waals surface area contributed by atoms with Gasteiger partial charge in [0.1, 0.15) is 30.2 Å². The summed E-state index contributed by atoms with van der Waals surface area (Å²) in [7, 11) is 0. The Morgan fingerprint density at radius 2 is 2.03 bits per heavy atom. The number of anilines is 1. The highest BCUT2D eigenvalue weighted by Gasteiger charge is 2.55. The number of quaternary nitrogens is 1. The largest absolute Gasteiger partial charge is 0.445 e. The Morgan fingerprint density at radius 1 is 1.31 bits per heavy atom. The van der Waals surface area contributed by atoms with E-state index in [0.717, 1.165) is 19.6 Å². The number of nitrogens with two attached hydrogens (primary N) is 1. The second-order valence-corrected chi connectivity index (χ2v) is 11.2. The molecule has 4 heterocycles. The van der Waals surface area contributed by atoms with Gasteiger partial charge in [0.15, 0.2) is 17.7 Å². The van der Waals surface area contributed by atoms with E-state index in [1.807, 2.05) is 20.8 Å². The molecule has 0 aromatic carbocycles. The highest BCUT2D eigenvalue weighted by atomic mass is 32.7. The maximum absolute atomic E-state index is 13.3. The van der Waals surface area contributed by atoms with Crippen molar-refractivity contribution in [3.05, 3.63) is 12.7 Å². The third-order valence-corrected chi connectivity index (χ3v) is 10.1. The molecule has 0 saturated carbocycles. The number of ether oxygens (including phenoxy) is 1. The van der Waals surface area contributed by atoms with E-state index in [9.17, 15) is 9.67 Å². The van der Waals surface area contributed by atoms with Gasteiger partial charge in [-0.2, -0.15) is 0 Å². The predicted molar refractivity (Wildman–Crippen MR) is 108 cm³/mol. The van der Waals surface area contributed by atoms with E-state index in [4.69, 9.17) is 19.5 Å². The number of hydrogen-bond acceptors (Lipinski definition) is 10. The van der Waals surface area contributed by atoms with E-state index in [0.29, 0.717) is 15.1 Å². The standard InChI is InChI=1S/C16H26N6O5PS/c1-4-22(5-2,6-3)29-28(24)25-7-10-13(27-28)12(23)16(26-10)21-9-20-11-14(17)18-8-19-15(11)21/h8-10,12-13,16,23H,4-7H2,1-3H3,(H2,17,18,19)/q+1/t10?,12-,13?,16+,28+/m0/s1. The van der Waals surface area contributed by atoms with Gasteiger partial charge in [0.25, 0.3) is 0 Å². The van der Waals surface area contributed by atoms with E-state index >= 15 is 0 Å². The summed E-state index contributed by atoms with van der Waals surface area (Å²) in [6.45, 7) is 5.08. The monoisotopic (exact) mass is 445 g/mol. The lowest BCUT2D eigenvalue weighted by molar-refractivity contribution is -0.787. The van der Waals surface area contributed by atoms with Crippen molar-refractivity contribution in [2.24, 2.45) is 0 Å². The molecule has 2 aliphatic heterocycles. The van der Waals surface area contributed by atoms with Gasteiger partial charge in [0.2, 0.25) is 11.6 Å². The van der Waals surface area contributed by atoms with Crippen LogP contribution in [-0.2, 0) is 18.3 Å². The molecule has 4 rings (SSSR count). The summed E-state index contributed by atoms with van der Waals surface area (Å²) < 4.78 is 32.9. The van der Waals surface area contributed by atoms with E-state index in [1.165, 1.54) is 24.2 Å². The Hall–Kier alpha value is -1.27. The second-order valence-electron chi connectivity index (χ2n) is 7.04. The number of aliphatic hydroxyl groups is 1. The summed E-state index contributed by atoms with van der Waals surface area (Å²) in [4.78, 5) is 12.3. The predicted octanol–water partition coefficient (Wildman–Crippen LogP) is 1.71. The van der Waals surface area contributed by atoms with Gasteiger partial charge in [-0.15, -0.1) is 0 Å². The Labute approximate surface area is 172 Å². The summed E-state index contributed by atoms with van der Waals surface area (Å²) in [5, 5.41) is 10.9. The zero-order valence-corrected chi connectivity index (χ0v) is 18.3. The van der Waals surface area contributed by atoms with Crippen molar-refractivity contribution in [2.75, 3.05) is 32.0 Å². The quantitative estimate of drug-likeness (QED) is 0.384. The SMILES string of the molecule is CC[N+](CC)(CC)S[P@]1(=O)OCC2O[C@@H](n3cnc4c(N)ncnc43)[C@@H](O)C2O1. The van der Waals surface area contributed by atoms with E-state index < -0.39 is 31.3 Å². The lowest BCUT2D eigenvalue weighted by Crippen LogP contribution is -2.43. The number of imidazole rings is 1. The fourth-order valence-electron chi connectivity index (χ4n) is 3.71. The molecule has 2 unspecified atom stereocenters. The third-order valence-electron chi connectivity index (χ3n) is 5.62. The Kier molecular flexibility index (Phi) is 5.62. The number of aliphatic hydroxyl groups excluding tert-OH is 1. The highest BCUT2D eigenvalue weighted by molar-refractivity contribution is 8.52. The molecule has 0 bridgehead atoms. The van der Waals surface area contributed by atoms with E-state index in [2.05, 4.69) is 15.0 Å². The number of fused-ring (bicyclic) bond motifs is 2. The fourth-order valence-corrected chi connectivity index (χ4v) is 8.57. The molecule has 2 aliphatic rings. The van der Waals surface area contributed by atoms with Crippen LogP contribution in [-0.4, -0.2) is 73.1 Å². The minimum absolute atomic E-state index is 0.0728. The van der Waals surface area contributed by atoms with Crippen LogP contribution in [0.1, 0.15) is 27.0 Å². The summed E-state index contributed by atoms with van der Waals surface area (Å²) >= 11 is 1.20. The van der Waals surface area contributed by atoms with Crippen LogP contribution in [0.25, 0.3) is 11.2 Å². The topological polar surface area (TPSA) is 135 Å². The van der Waals surface area contributed by atoms with Gasteiger partial charge in [-0.1, -0.05) is 0 Å². The number of nitrogens with zero attached hydrogens (tertiary/aromatic N) is 5. The van der Waals surface area contributed by atoms with Gasteiger partial charge in [-0.3, -0.25) is 17.5 Å². The zero-order chi connectivity index (χ0) is 20.8. The lowest BCUT2D eigenvalue weighted by atomic mass is 10.1. The number of hydrogen-bond donors (Lipinski definition) is 2. The summed E-state index contributed by atoms with van der Waals surface area (Å²) in [5.74, 6) is 0.243. The summed E-state index contributed by atoms with van der Waals surface area (Å²) in [5.41, 5.74) is 6.70. The molecule has 2 aromatic heterocycles. The molecule has 3 N–H and O–H groups in total. The van der Waals surface area contributed by atoms with Crippen LogP contribution in [0.5, 0.6) is 0 Å². The zero-order valence-electron chi connectivity index (χ0n) is 16.5. The molecule has 0 radical (unpaired) electrons. The molecule has 2 aromatic rings. The minimum atomic E-state index is -3.47. The fraction of sp³-hybridized carbons (Fsp3) is 0.688. The van der Waals surface area contributed by atoms with Gasteiger partial charge in [0.05, 0.1) is 32.6 Å². The molecule has 0 amide bonds. The molecule has 2 fully saturated rings. The molecule has 2 saturated heterocycles. The number of aromatic nitrogens is 4. The van der Waals surface area contributed by atoms with Gasteiger partial charge in [-0.25, -0.2) is 19.5 Å². The molecular formula is C16H26N6O5PS+. The smallest absolute Gasteiger partial charge is 0.386 e. The minimum Gasteiger partial charge on any atom is -0.386 e. The Balaban J connectivity index is 1.57. The molecule has 160 valence electrons. The highest BCUT2D eigenvalue weighted by Crippen LogP contribution is 2.67. The van der Waals surface area contributed by atoms with E-state index in [-0.39, 0.29) is 12.4 Å². The first-order valence-corrected chi connectivity index (χ1v) is 12.5. The average molecular weight is 445 g/mol. The van der Waals surface area contributed by atoms with Crippen molar-refractivity contribution in [1.29, 1.82) is 0 Å². The van der Waals surface area contributed by atoms with Gasteiger partial charge in [-0.05, 0) is 20.8 Å². The van der Waals surface area contributed by atoms with E-state index in [1.54, 1.807) is 4.57 Å². The van der Waals surface area contributed by atoms with Crippen molar-refractivity contribution in [3.63, 3.8) is 0 Å². The Bertz CT molecular complexity index is 931. The summed E-state index contributed by atoms with van der Waals surface area (Å²) in [6, 6.07) is 0. The second kappa shape index (κ2) is 7.77. The molecule has 0 spiro atoms. The molecule has 29 heavy (non-hydrogen) atoms. The first-order chi connectivity index (χ1) is 13.9. The number of nitrogen functional groups attached to an aromatic ring is 1. The number of rotatable bonds is 6. The van der Waals surface area contributed by atoms with Crippen LogP contribution in [0.4, 0.5) is 5.82 Å². The van der Waals surface area contributed by atoms with Crippen molar-refractivity contribution in [1.82, 2.24) is 19.5 Å². The molecule has 11 nitrogen and oxygen atoms in total. The van der Waals surface area contributed by atoms with Crippen molar-refractivity contribution >= 4 is 35.3 Å². The van der Waals surface area contributed by atoms with Crippen molar-refractivity contribution in [3.8, 4) is 0 Å². The molecule has 5 atom stereocenters. The van der Waals surface area contributed by atoms with Crippen molar-refractivity contribution in [2.45, 2.75) is 45.3 Å². The maximum atomic E-state index is 13.3. The molecular weight excluding hydrogens is 419 g/mol. The normalized spacial score (nSPS) is 32.6. The third kappa shape index (κ3) is 3.56. The van der Waals surface area contributed by atoms with Gasteiger partial charge >= 0.3 is 6.80 Å². The Morgan fingerprint density at radius 3 is 2.72 bits per heavy atom. The maximum Gasteiger partial charge on any atom is 0.445 e. The average Bonchev–Trinajstić information content (AvgIpc) is 3.28. The van der Waals surface area contributed by atoms with Crippen LogP contribution in [0, 0.1) is 0 Å². The van der Waals surface area contributed by atoms with Crippen LogP contribution < -0.4 is 5.73 Å².